The summed E-state index contributed by atoms with van der Waals surface area (Å²) in [6, 6.07) is 76.6. The van der Waals surface area contributed by atoms with Crippen LogP contribution in [0.5, 0.6) is 0 Å². The average molecular weight is 714 g/mol. The van der Waals surface area contributed by atoms with E-state index in [4.69, 9.17) is 4.42 Å². The van der Waals surface area contributed by atoms with Crippen LogP contribution in [0.1, 0.15) is 0 Å². The van der Waals surface area contributed by atoms with E-state index >= 15 is 0 Å². The van der Waals surface area contributed by atoms with Gasteiger partial charge in [-0.3, -0.25) is 0 Å². The number of fused-ring (bicyclic) bond motifs is 6. The van der Waals surface area contributed by atoms with Gasteiger partial charge >= 0.3 is 0 Å². The van der Waals surface area contributed by atoms with Gasteiger partial charge in [-0.25, -0.2) is 0 Å². The Morgan fingerprint density at radius 2 is 0.714 bits per heavy atom. The molecular formula is C54H35NO. The first-order valence-electron chi connectivity index (χ1n) is 19.2. The van der Waals surface area contributed by atoms with E-state index in [1.807, 2.05) is 0 Å². The maximum absolute atomic E-state index is 6.42. The molecule has 262 valence electrons. The normalized spacial score (nSPS) is 11.6. The molecule has 1 heterocycles. The second-order valence-electron chi connectivity index (χ2n) is 14.6. The molecule has 0 fully saturated rings. The van der Waals surface area contributed by atoms with Crippen molar-refractivity contribution in [1.29, 1.82) is 0 Å². The molecule has 2 nitrogen and oxygen atoms in total. The molecule has 0 N–H and O–H groups in total. The lowest BCUT2D eigenvalue weighted by molar-refractivity contribution is 0.669. The fraction of sp³-hybridized carbons (Fsp3) is 0. The van der Waals surface area contributed by atoms with E-state index in [0.29, 0.717) is 0 Å². The fourth-order valence-corrected chi connectivity index (χ4v) is 8.33. The number of hydrogen-bond acceptors (Lipinski definition) is 2. The lowest BCUT2D eigenvalue weighted by Crippen LogP contribution is -2.09. The summed E-state index contributed by atoms with van der Waals surface area (Å²) in [6.45, 7) is 0. The minimum atomic E-state index is 0.900. The molecule has 11 rings (SSSR count). The molecule has 2 heteroatoms. The molecule has 11 aromatic rings. The zero-order valence-corrected chi connectivity index (χ0v) is 30.6. The Kier molecular flexibility index (Phi) is 7.53. The van der Waals surface area contributed by atoms with Gasteiger partial charge in [0.1, 0.15) is 11.2 Å². The Bertz CT molecular complexity index is 3110. The van der Waals surface area contributed by atoms with Crippen LogP contribution in [0.2, 0.25) is 0 Å². The number of nitrogens with zero attached hydrogens (tertiary/aromatic N) is 1. The van der Waals surface area contributed by atoms with Crippen molar-refractivity contribution in [2.75, 3.05) is 4.90 Å². The summed E-state index contributed by atoms with van der Waals surface area (Å²) in [7, 11) is 0. The van der Waals surface area contributed by atoms with Gasteiger partial charge in [0, 0.05) is 27.8 Å². The van der Waals surface area contributed by atoms with Crippen molar-refractivity contribution >= 4 is 71.3 Å². The van der Waals surface area contributed by atoms with Crippen LogP contribution in [0.25, 0.3) is 87.6 Å². The molecule has 0 aliphatic rings. The van der Waals surface area contributed by atoms with Crippen LogP contribution in [0.4, 0.5) is 17.1 Å². The van der Waals surface area contributed by atoms with Gasteiger partial charge in [0.05, 0.1) is 0 Å². The Balaban J connectivity index is 0.991. The third-order valence-corrected chi connectivity index (χ3v) is 11.2. The van der Waals surface area contributed by atoms with Crippen molar-refractivity contribution in [3.05, 3.63) is 212 Å². The highest BCUT2D eigenvalue weighted by molar-refractivity contribution is 6.15. The van der Waals surface area contributed by atoms with Crippen molar-refractivity contribution in [2.24, 2.45) is 0 Å². The second-order valence-corrected chi connectivity index (χ2v) is 14.6. The summed E-state index contributed by atoms with van der Waals surface area (Å²) in [5, 5.41) is 9.66. The quantitative estimate of drug-likeness (QED) is 0.171. The Hall–Kier alpha value is -7.42. The van der Waals surface area contributed by atoms with Crippen molar-refractivity contribution in [1.82, 2.24) is 0 Å². The van der Waals surface area contributed by atoms with Crippen LogP contribution in [0, 0.1) is 0 Å². The summed E-state index contributed by atoms with van der Waals surface area (Å²) in [6.07, 6.45) is 0. The predicted molar refractivity (Wildman–Crippen MR) is 237 cm³/mol. The summed E-state index contributed by atoms with van der Waals surface area (Å²) >= 11 is 0. The minimum Gasteiger partial charge on any atom is -0.456 e. The fourth-order valence-electron chi connectivity index (χ4n) is 8.33. The van der Waals surface area contributed by atoms with Crippen molar-refractivity contribution in [3.8, 4) is 33.4 Å². The number of furan rings is 1. The van der Waals surface area contributed by atoms with Crippen LogP contribution >= 0.6 is 0 Å². The molecule has 0 spiro atoms. The van der Waals surface area contributed by atoms with Gasteiger partial charge < -0.3 is 9.32 Å². The zero-order valence-electron chi connectivity index (χ0n) is 30.6. The molecule has 0 bridgehead atoms. The van der Waals surface area contributed by atoms with E-state index in [-0.39, 0.29) is 0 Å². The molecule has 56 heavy (non-hydrogen) atoms. The van der Waals surface area contributed by atoms with Crippen LogP contribution in [-0.2, 0) is 0 Å². The van der Waals surface area contributed by atoms with Crippen LogP contribution in [0.3, 0.4) is 0 Å². The molecule has 0 aliphatic carbocycles. The van der Waals surface area contributed by atoms with Gasteiger partial charge in [0.25, 0.3) is 0 Å². The first-order chi connectivity index (χ1) is 27.7. The van der Waals surface area contributed by atoms with Gasteiger partial charge in [-0.05, 0) is 132 Å². The topological polar surface area (TPSA) is 16.4 Å². The molecule has 0 saturated heterocycles. The average Bonchev–Trinajstić information content (AvgIpc) is 3.63. The lowest BCUT2D eigenvalue weighted by atomic mass is 9.97. The van der Waals surface area contributed by atoms with Crippen LogP contribution < -0.4 is 4.90 Å². The molecule has 0 saturated carbocycles. The van der Waals surface area contributed by atoms with Crippen LogP contribution in [0.15, 0.2) is 217 Å². The van der Waals surface area contributed by atoms with E-state index in [2.05, 4.69) is 217 Å². The molecule has 0 atom stereocenters. The van der Waals surface area contributed by atoms with Crippen molar-refractivity contribution in [2.45, 2.75) is 0 Å². The van der Waals surface area contributed by atoms with Gasteiger partial charge in [-0.1, -0.05) is 146 Å². The highest BCUT2D eigenvalue weighted by Gasteiger charge is 2.17. The SMILES string of the molecule is c1ccc2cc(-c3ccc(N(c4ccc(-c5ccc6ccccc6c5)cc4)c4ccc(-c5cccc6oc7cc8ccccc8cc7c56)cc4)cc3)ccc2c1. The largest absolute Gasteiger partial charge is 0.456 e. The van der Waals surface area contributed by atoms with Crippen LogP contribution in [-0.4, -0.2) is 0 Å². The van der Waals surface area contributed by atoms with Crippen molar-refractivity contribution < 1.29 is 4.42 Å². The Morgan fingerprint density at radius 1 is 0.286 bits per heavy atom. The standard InChI is InChI=1S/C54H35NO/c1-3-10-41-32-45(18-16-36(41)8-1)38-20-26-47(27-21-38)55(48-28-22-39(23-29-48)46-19-17-37-9-2-4-11-42(37)33-46)49-30-24-40(25-31-49)50-14-7-15-52-54(50)51-34-43-12-5-6-13-44(43)35-53(51)56-52/h1-35H. The van der Waals surface area contributed by atoms with Gasteiger partial charge in [0.2, 0.25) is 0 Å². The van der Waals surface area contributed by atoms with E-state index in [1.54, 1.807) is 0 Å². The maximum Gasteiger partial charge on any atom is 0.136 e. The van der Waals surface area contributed by atoms with E-state index in [9.17, 15) is 0 Å². The van der Waals surface area contributed by atoms with E-state index in [1.165, 1.54) is 54.6 Å². The summed E-state index contributed by atoms with van der Waals surface area (Å²) in [5.41, 5.74) is 12.2. The minimum absolute atomic E-state index is 0.900. The zero-order chi connectivity index (χ0) is 37.0. The highest BCUT2D eigenvalue weighted by Crippen LogP contribution is 2.41. The predicted octanol–water partition coefficient (Wildman–Crippen LogP) is 15.5. The number of benzene rings is 10. The monoisotopic (exact) mass is 713 g/mol. The molecule has 0 amide bonds. The lowest BCUT2D eigenvalue weighted by Gasteiger charge is -2.26. The molecule has 0 aliphatic heterocycles. The smallest absolute Gasteiger partial charge is 0.136 e. The van der Waals surface area contributed by atoms with E-state index < -0.39 is 0 Å². The van der Waals surface area contributed by atoms with Gasteiger partial charge in [-0.2, -0.15) is 0 Å². The number of rotatable bonds is 6. The molecular weight excluding hydrogens is 679 g/mol. The number of hydrogen-bond donors (Lipinski definition) is 0. The Labute approximate surface area is 325 Å². The molecule has 1 aromatic heterocycles. The maximum atomic E-state index is 6.42. The third kappa shape index (κ3) is 5.59. The molecule has 0 radical (unpaired) electrons. The highest BCUT2D eigenvalue weighted by atomic mass is 16.3. The summed E-state index contributed by atoms with van der Waals surface area (Å²) < 4.78 is 6.42. The summed E-state index contributed by atoms with van der Waals surface area (Å²) in [5.74, 6) is 0. The molecule has 0 unspecified atom stereocenters. The van der Waals surface area contributed by atoms with Crippen molar-refractivity contribution in [3.63, 3.8) is 0 Å². The van der Waals surface area contributed by atoms with E-state index in [0.717, 1.165) is 50.1 Å². The first kappa shape index (κ1) is 32.0. The van der Waals surface area contributed by atoms with Gasteiger partial charge in [0.15, 0.2) is 0 Å². The molecule has 10 aromatic carbocycles. The first-order valence-corrected chi connectivity index (χ1v) is 19.2. The summed E-state index contributed by atoms with van der Waals surface area (Å²) in [4.78, 5) is 2.35. The third-order valence-electron chi connectivity index (χ3n) is 11.2. The van der Waals surface area contributed by atoms with Gasteiger partial charge in [-0.15, -0.1) is 0 Å². The Morgan fingerprint density at radius 3 is 1.23 bits per heavy atom. The number of anilines is 3. The second kappa shape index (κ2) is 13.2.